The number of hydrogen-bond donors (Lipinski definition) is 2. The highest BCUT2D eigenvalue weighted by Crippen LogP contribution is 2.40. The number of carbonyl (C=O) groups excluding carboxylic acids is 1. The molecule has 3 aromatic carbocycles. The van der Waals surface area contributed by atoms with Gasteiger partial charge in [0.1, 0.15) is 0 Å². The van der Waals surface area contributed by atoms with E-state index in [2.05, 4.69) is 10.1 Å². The van der Waals surface area contributed by atoms with Crippen LogP contribution in [0.1, 0.15) is 23.6 Å². The summed E-state index contributed by atoms with van der Waals surface area (Å²) in [6, 6.07) is 16.3. The lowest BCUT2D eigenvalue weighted by Gasteiger charge is -2.32. The van der Waals surface area contributed by atoms with Gasteiger partial charge in [-0.1, -0.05) is 65.7 Å². The standard InChI is InChI=1S/C28H19Cl2F2N3O4/c29-17-9-5-15(6-10-17)22-13-21(34-35(22)25(27(38)39)28(31,32)14-36)24-23(16-7-11-18(30)12-8-16)19-3-1-2-4-20(19)33-26(24)37/h1-12,14,22,25H,13H2,(H,33,37)(H,38,39). The van der Waals surface area contributed by atoms with Gasteiger partial charge < -0.3 is 10.1 Å². The van der Waals surface area contributed by atoms with Gasteiger partial charge in [0.05, 0.1) is 17.3 Å². The molecule has 0 fully saturated rings. The first-order valence-corrected chi connectivity index (χ1v) is 12.5. The zero-order valence-corrected chi connectivity index (χ0v) is 21.5. The van der Waals surface area contributed by atoms with Crippen molar-refractivity contribution in [1.82, 2.24) is 9.99 Å². The van der Waals surface area contributed by atoms with Crippen molar-refractivity contribution >= 4 is 52.1 Å². The van der Waals surface area contributed by atoms with Crippen LogP contribution in [-0.2, 0) is 9.59 Å². The number of aromatic nitrogens is 1. The predicted molar refractivity (Wildman–Crippen MR) is 145 cm³/mol. The number of aromatic amines is 1. The van der Waals surface area contributed by atoms with Crippen LogP contribution in [0.2, 0.25) is 10.0 Å². The van der Waals surface area contributed by atoms with E-state index < -0.39 is 35.8 Å². The van der Waals surface area contributed by atoms with Crippen LogP contribution in [0.25, 0.3) is 22.0 Å². The zero-order chi connectivity index (χ0) is 27.9. The van der Waals surface area contributed by atoms with Crippen molar-refractivity contribution < 1.29 is 23.5 Å². The number of hydrazone groups is 1. The van der Waals surface area contributed by atoms with E-state index in [0.29, 0.717) is 42.6 Å². The number of H-pyrrole nitrogens is 1. The number of para-hydroxylation sites is 1. The average molecular weight is 570 g/mol. The number of carboxylic acid groups (broad SMARTS) is 1. The van der Waals surface area contributed by atoms with Gasteiger partial charge >= 0.3 is 11.9 Å². The van der Waals surface area contributed by atoms with Crippen molar-refractivity contribution in [3.63, 3.8) is 0 Å². The van der Waals surface area contributed by atoms with Crippen LogP contribution >= 0.6 is 23.2 Å². The number of aliphatic carboxylic acids is 1. The minimum atomic E-state index is -4.27. The first kappa shape index (κ1) is 26.5. The lowest BCUT2D eigenvalue weighted by atomic mass is 9.91. The normalized spacial score (nSPS) is 16.3. The minimum Gasteiger partial charge on any atom is -0.479 e. The number of nitrogens with one attached hydrogen (secondary N) is 1. The maximum absolute atomic E-state index is 14.7. The van der Waals surface area contributed by atoms with Gasteiger partial charge in [-0.15, -0.1) is 0 Å². The highest BCUT2D eigenvalue weighted by Gasteiger charge is 2.52. The Balaban J connectivity index is 1.77. The van der Waals surface area contributed by atoms with Crippen molar-refractivity contribution in [2.75, 3.05) is 0 Å². The monoisotopic (exact) mass is 569 g/mol. The van der Waals surface area contributed by atoms with Gasteiger partial charge in [0.15, 0.2) is 6.29 Å². The molecule has 198 valence electrons. The molecule has 1 aliphatic rings. The SMILES string of the molecule is O=CC(F)(F)C(C(=O)O)N1N=C(c2c(-c3ccc(Cl)cc3)c3ccccc3[nH]c2=O)CC1c1ccc(Cl)cc1. The maximum atomic E-state index is 14.7. The summed E-state index contributed by atoms with van der Waals surface area (Å²) >= 11 is 12.1. The lowest BCUT2D eigenvalue weighted by Crippen LogP contribution is -2.51. The van der Waals surface area contributed by atoms with Crippen LogP contribution in [0.3, 0.4) is 0 Å². The molecule has 1 aromatic heterocycles. The molecule has 2 atom stereocenters. The summed E-state index contributed by atoms with van der Waals surface area (Å²) in [5.74, 6) is -6.22. The summed E-state index contributed by atoms with van der Waals surface area (Å²) in [7, 11) is 0. The Morgan fingerprint density at radius 3 is 2.26 bits per heavy atom. The number of carbonyl (C=O) groups is 2. The zero-order valence-electron chi connectivity index (χ0n) is 19.9. The molecule has 5 rings (SSSR count). The van der Waals surface area contributed by atoms with E-state index in [1.54, 1.807) is 60.7 Å². The molecule has 0 spiro atoms. The third kappa shape index (κ3) is 4.91. The number of rotatable bonds is 7. The number of nitrogens with zero attached hydrogens (tertiary/aromatic N) is 2. The van der Waals surface area contributed by atoms with Gasteiger partial charge in [0.25, 0.3) is 5.56 Å². The van der Waals surface area contributed by atoms with Crippen molar-refractivity contribution in [1.29, 1.82) is 0 Å². The Kier molecular flexibility index (Phi) is 6.96. The smallest absolute Gasteiger partial charge is 0.334 e. The van der Waals surface area contributed by atoms with E-state index in [0.717, 1.165) is 0 Å². The molecular weight excluding hydrogens is 551 g/mol. The van der Waals surface area contributed by atoms with E-state index >= 15 is 0 Å². The molecule has 0 bridgehead atoms. The lowest BCUT2D eigenvalue weighted by molar-refractivity contribution is -0.166. The molecule has 11 heteroatoms. The second kappa shape index (κ2) is 10.2. The summed E-state index contributed by atoms with van der Waals surface area (Å²) in [6.45, 7) is 0. The fourth-order valence-corrected chi connectivity index (χ4v) is 5.08. The maximum Gasteiger partial charge on any atom is 0.334 e. The summed E-state index contributed by atoms with van der Waals surface area (Å²) < 4.78 is 29.4. The van der Waals surface area contributed by atoms with Gasteiger partial charge in [-0.05, 0) is 41.5 Å². The average Bonchev–Trinajstić information content (AvgIpc) is 3.32. The molecule has 0 saturated carbocycles. The Bertz CT molecular complexity index is 1670. The fourth-order valence-electron chi connectivity index (χ4n) is 4.83. The Hall–Kier alpha value is -4.08. The first-order chi connectivity index (χ1) is 18.6. The second-order valence-electron chi connectivity index (χ2n) is 8.99. The van der Waals surface area contributed by atoms with Gasteiger partial charge in [-0.2, -0.15) is 13.9 Å². The highest BCUT2D eigenvalue weighted by atomic mass is 35.5. The molecule has 4 aromatic rings. The van der Waals surface area contributed by atoms with Crippen molar-refractivity contribution in [2.45, 2.75) is 24.4 Å². The van der Waals surface area contributed by atoms with Crippen LogP contribution in [0.4, 0.5) is 8.78 Å². The largest absolute Gasteiger partial charge is 0.479 e. The van der Waals surface area contributed by atoms with E-state index in [1.165, 1.54) is 12.1 Å². The van der Waals surface area contributed by atoms with Crippen molar-refractivity contribution in [3.05, 3.63) is 104 Å². The van der Waals surface area contributed by atoms with Crippen LogP contribution in [0.15, 0.2) is 82.7 Å². The summed E-state index contributed by atoms with van der Waals surface area (Å²) in [6.07, 6.45) is -0.803. The molecule has 0 saturated heterocycles. The van der Waals surface area contributed by atoms with Crippen LogP contribution in [0.5, 0.6) is 0 Å². The molecule has 2 heterocycles. The molecule has 2 unspecified atom stereocenters. The topological polar surface area (TPSA) is 103 Å². The molecule has 0 aliphatic carbocycles. The number of fused-ring (bicyclic) bond motifs is 1. The molecule has 0 radical (unpaired) electrons. The van der Waals surface area contributed by atoms with Gasteiger partial charge in [-0.25, -0.2) is 4.79 Å². The van der Waals surface area contributed by atoms with Gasteiger partial charge in [0, 0.05) is 32.9 Å². The summed E-state index contributed by atoms with van der Waals surface area (Å²) in [5, 5.41) is 16.3. The Morgan fingerprint density at radius 1 is 1.03 bits per heavy atom. The van der Waals surface area contributed by atoms with Crippen molar-refractivity contribution in [3.8, 4) is 11.1 Å². The number of carboxylic acids is 1. The predicted octanol–water partition coefficient (Wildman–Crippen LogP) is 5.94. The number of benzene rings is 3. The number of halogens is 4. The van der Waals surface area contributed by atoms with Crippen LogP contribution < -0.4 is 5.56 Å². The molecule has 0 amide bonds. The number of pyridine rings is 1. The fraction of sp³-hybridized carbons (Fsp3) is 0.143. The molecule has 1 aliphatic heterocycles. The molecular formula is C28H19Cl2F2N3O4. The second-order valence-corrected chi connectivity index (χ2v) is 9.86. The number of alkyl halides is 2. The molecule has 39 heavy (non-hydrogen) atoms. The third-order valence-electron chi connectivity index (χ3n) is 6.56. The number of aldehydes is 1. The number of hydrogen-bond acceptors (Lipinski definition) is 5. The Morgan fingerprint density at radius 2 is 1.64 bits per heavy atom. The van der Waals surface area contributed by atoms with E-state index in [4.69, 9.17) is 23.2 Å². The van der Waals surface area contributed by atoms with Gasteiger partial charge in [0.2, 0.25) is 6.04 Å². The highest BCUT2D eigenvalue weighted by molar-refractivity contribution is 6.31. The molecule has 7 nitrogen and oxygen atoms in total. The van der Waals surface area contributed by atoms with Crippen LogP contribution in [-0.4, -0.2) is 45.0 Å². The first-order valence-electron chi connectivity index (χ1n) is 11.7. The Labute approximate surface area is 230 Å². The quantitative estimate of drug-likeness (QED) is 0.268. The van der Waals surface area contributed by atoms with Crippen molar-refractivity contribution in [2.24, 2.45) is 5.10 Å². The summed E-state index contributed by atoms with van der Waals surface area (Å²) in [4.78, 5) is 39.7. The van der Waals surface area contributed by atoms with E-state index in [9.17, 15) is 28.3 Å². The minimum absolute atomic E-state index is 0.0832. The van der Waals surface area contributed by atoms with E-state index in [1.807, 2.05) is 0 Å². The van der Waals surface area contributed by atoms with Gasteiger partial charge in [-0.3, -0.25) is 14.6 Å². The molecule has 2 N–H and O–H groups in total. The van der Waals surface area contributed by atoms with Crippen LogP contribution in [0, 0.1) is 0 Å². The van der Waals surface area contributed by atoms with E-state index in [-0.39, 0.29) is 17.7 Å². The third-order valence-corrected chi connectivity index (χ3v) is 7.06. The summed E-state index contributed by atoms with van der Waals surface area (Å²) in [5.41, 5.74) is 1.71.